The van der Waals surface area contributed by atoms with E-state index in [1.807, 2.05) is 0 Å². The van der Waals surface area contributed by atoms with E-state index in [1.54, 1.807) is 0 Å². The van der Waals surface area contributed by atoms with Crippen LogP contribution in [-0.2, 0) is 16.2 Å². The van der Waals surface area contributed by atoms with Gasteiger partial charge >= 0.3 is 18.0 Å². The van der Waals surface area contributed by atoms with Crippen molar-refractivity contribution in [3.63, 3.8) is 0 Å². The van der Waals surface area contributed by atoms with Crippen molar-refractivity contribution in [1.29, 1.82) is 0 Å². The molecule has 0 radical (unpaired) electrons. The van der Waals surface area contributed by atoms with Gasteiger partial charge in [0.15, 0.2) is 5.82 Å². The Morgan fingerprint density at radius 1 is 1.29 bits per heavy atom. The predicted octanol–water partition coefficient (Wildman–Crippen LogP) is 2.47. The molecule has 1 aliphatic rings. The highest BCUT2D eigenvalue weighted by Gasteiger charge is 2.63. The topological polar surface area (TPSA) is 74.2 Å². The molecule has 0 aromatic carbocycles. The van der Waals surface area contributed by atoms with Crippen LogP contribution in [0.25, 0.3) is 0 Å². The first-order chi connectivity index (χ1) is 9.54. The molecule has 21 heavy (non-hydrogen) atoms. The summed E-state index contributed by atoms with van der Waals surface area (Å²) in [6, 6.07) is 0. The summed E-state index contributed by atoms with van der Waals surface area (Å²) in [5.41, 5.74) is 4.38. The second-order valence-electron chi connectivity index (χ2n) is 5.28. The highest BCUT2D eigenvalue weighted by atomic mass is 19.4. The van der Waals surface area contributed by atoms with Crippen molar-refractivity contribution in [2.24, 2.45) is 5.73 Å². The van der Waals surface area contributed by atoms with Crippen molar-refractivity contribution in [2.75, 3.05) is 6.61 Å². The smallest absolute Gasteiger partial charge is 0.376 e. The molecule has 120 valence electrons. The van der Waals surface area contributed by atoms with Crippen molar-refractivity contribution in [3.8, 4) is 0 Å². The molecule has 0 saturated heterocycles. The average molecular weight is 315 g/mol. The van der Waals surface area contributed by atoms with Crippen LogP contribution < -0.4 is 5.73 Å². The maximum Gasteiger partial charge on any atom is 0.463 e. The third-order valence-electron chi connectivity index (χ3n) is 3.23. The first-order valence-electron chi connectivity index (χ1n) is 6.24. The Labute approximate surface area is 116 Å². The molecule has 0 spiro atoms. The maximum absolute atomic E-state index is 13.0. The van der Waals surface area contributed by atoms with Gasteiger partial charge in [-0.2, -0.15) is 26.9 Å². The minimum atomic E-state index is -5.82. The fourth-order valence-corrected chi connectivity index (χ4v) is 1.60. The van der Waals surface area contributed by atoms with E-state index in [0.29, 0.717) is 0 Å². The zero-order valence-corrected chi connectivity index (χ0v) is 11.1. The number of alkyl halides is 5. The Balaban J connectivity index is 2.10. The minimum Gasteiger partial charge on any atom is -0.376 e. The molecule has 1 aliphatic carbocycles. The number of nitrogens with zero attached hydrogens (tertiary/aromatic N) is 2. The monoisotopic (exact) mass is 315 g/mol. The van der Waals surface area contributed by atoms with Gasteiger partial charge < -0.3 is 15.0 Å². The van der Waals surface area contributed by atoms with Gasteiger partial charge in [0.25, 0.3) is 0 Å². The van der Waals surface area contributed by atoms with Crippen molar-refractivity contribution in [3.05, 3.63) is 11.7 Å². The van der Waals surface area contributed by atoms with Crippen LogP contribution in [-0.4, -0.2) is 29.0 Å². The number of nitrogens with two attached hydrogens (primary N) is 1. The SMILES string of the molecule is CC(N)(COC1CCC1)c1noc(C(F)(F)C(F)(F)F)n1. The van der Waals surface area contributed by atoms with E-state index >= 15 is 0 Å². The standard InChI is InChI=1S/C11H14F5N3O2/c1-9(17,5-20-6-3-2-4-6)7-18-8(21-19-7)10(12,13)11(14,15)16/h6H,2-5,17H2,1H3. The molecule has 1 aromatic rings. The summed E-state index contributed by atoms with van der Waals surface area (Å²) in [5.74, 6) is -7.51. The zero-order valence-electron chi connectivity index (χ0n) is 11.1. The Bertz CT molecular complexity index is 496. The highest BCUT2D eigenvalue weighted by Crippen LogP contribution is 2.43. The molecule has 1 saturated carbocycles. The van der Waals surface area contributed by atoms with Gasteiger partial charge in [-0.1, -0.05) is 5.16 Å². The maximum atomic E-state index is 13.0. The van der Waals surface area contributed by atoms with Crippen LogP contribution in [0.4, 0.5) is 22.0 Å². The molecule has 0 bridgehead atoms. The molecule has 10 heteroatoms. The highest BCUT2D eigenvalue weighted by molar-refractivity contribution is 5.05. The molecule has 2 rings (SSSR count). The van der Waals surface area contributed by atoms with E-state index < -0.39 is 29.4 Å². The molecular formula is C11H14F5N3O2. The summed E-state index contributed by atoms with van der Waals surface area (Å²) in [4.78, 5) is 3.09. The second-order valence-corrected chi connectivity index (χ2v) is 5.28. The van der Waals surface area contributed by atoms with Gasteiger partial charge in [0.1, 0.15) is 5.54 Å². The zero-order chi connectivity index (χ0) is 15.9. The molecule has 5 nitrogen and oxygen atoms in total. The van der Waals surface area contributed by atoms with Crippen LogP contribution in [0, 0.1) is 0 Å². The number of rotatable bonds is 5. The van der Waals surface area contributed by atoms with E-state index in [9.17, 15) is 22.0 Å². The number of ether oxygens (including phenoxy) is 1. The van der Waals surface area contributed by atoms with Gasteiger partial charge in [-0.15, -0.1) is 0 Å². The largest absolute Gasteiger partial charge is 0.463 e. The molecular weight excluding hydrogens is 301 g/mol. The Morgan fingerprint density at radius 3 is 2.38 bits per heavy atom. The van der Waals surface area contributed by atoms with Crippen LogP contribution in [0.1, 0.15) is 37.9 Å². The van der Waals surface area contributed by atoms with E-state index in [1.165, 1.54) is 6.92 Å². The van der Waals surface area contributed by atoms with Crippen molar-refractivity contribution in [1.82, 2.24) is 10.1 Å². The van der Waals surface area contributed by atoms with Crippen LogP contribution in [0.5, 0.6) is 0 Å². The van der Waals surface area contributed by atoms with Gasteiger partial charge in [-0.25, -0.2) is 0 Å². The lowest BCUT2D eigenvalue weighted by Crippen LogP contribution is -2.42. The second kappa shape index (κ2) is 5.16. The number of aromatic nitrogens is 2. The number of halogens is 5. The molecule has 1 fully saturated rings. The summed E-state index contributed by atoms with van der Waals surface area (Å²) < 4.78 is 72.1. The lowest BCUT2D eigenvalue weighted by atomic mass is 9.95. The van der Waals surface area contributed by atoms with Crippen LogP contribution in [0.15, 0.2) is 4.52 Å². The third kappa shape index (κ3) is 3.15. The quantitative estimate of drug-likeness (QED) is 0.845. The lowest BCUT2D eigenvalue weighted by molar-refractivity contribution is -0.298. The van der Waals surface area contributed by atoms with Gasteiger partial charge in [-0.3, -0.25) is 0 Å². The van der Waals surface area contributed by atoms with Crippen molar-refractivity contribution in [2.45, 2.75) is 49.9 Å². The average Bonchev–Trinajstić information content (AvgIpc) is 2.75. The van der Waals surface area contributed by atoms with Crippen LogP contribution in [0.3, 0.4) is 0 Å². The first-order valence-corrected chi connectivity index (χ1v) is 6.24. The Morgan fingerprint density at radius 2 is 1.90 bits per heavy atom. The Hall–Kier alpha value is -1.29. The summed E-state index contributed by atoms with van der Waals surface area (Å²) in [6.45, 7) is 1.26. The molecule has 1 unspecified atom stereocenters. The van der Waals surface area contributed by atoms with Gasteiger partial charge in [0.05, 0.1) is 12.7 Å². The molecule has 1 aromatic heterocycles. The van der Waals surface area contributed by atoms with E-state index in [4.69, 9.17) is 10.5 Å². The molecule has 0 amide bonds. The van der Waals surface area contributed by atoms with Crippen LogP contribution >= 0.6 is 0 Å². The molecule has 0 aliphatic heterocycles. The number of hydrogen-bond donors (Lipinski definition) is 1. The third-order valence-corrected chi connectivity index (χ3v) is 3.23. The van der Waals surface area contributed by atoms with Gasteiger partial charge in [0.2, 0.25) is 0 Å². The molecule has 1 atom stereocenters. The fraction of sp³-hybridized carbons (Fsp3) is 0.818. The summed E-state index contributed by atoms with van der Waals surface area (Å²) in [6.07, 6.45) is -3.05. The summed E-state index contributed by atoms with van der Waals surface area (Å²) >= 11 is 0. The molecule has 1 heterocycles. The summed E-state index contributed by atoms with van der Waals surface area (Å²) in [5, 5.41) is 3.12. The van der Waals surface area contributed by atoms with Gasteiger partial charge in [0, 0.05) is 0 Å². The molecule has 2 N–H and O–H groups in total. The van der Waals surface area contributed by atoms with E-state index in [0.717, 1.165) is 19.3 Å². The van der Waals surface area contributed by atoms with E-state index in [2.05, 4.69) is 14.7 Å². The normalized spacial score (nSPS) is 20.1. The van der Waals surface area contributed by atoms with Gasteiger partial charge in [-0.05, 0) is 26.2 Å². The van der Waals surface area contributed by atoms with Crippen molar-refractivity contribution < 1.29 is 31.2 Å². The van der Waals surface area contributed by atoms with Crippen molar-refractivity contribution >= 4 is 0 Å². The summed E-state index contributed by atoms with van der Waals surface area (Å²) in [7, 11) is 0. The predicted molar refractivity (Wildman–Crippen MR) is 59.4 cm³/mol. The first kappa shape index (κ1) is 16.1. The Kier molecular flexibility index (Phi) is 3.96. The van der Waals surface area contributed by atoms with E-state index in [-0.39, 0.29) is 12.7 Å². The minimum absolute atomic E-state index is 0.0239. The fourth-order valence-electron chi connectivity index (χ4n) is 1.60. The number of hydrogen-bond acceptors (Lipinski definition) is 5. The van der Waals surface area contributed by atoms with Crippen LogP contribution in [0.2, 0.25) is 0 Å². The lowest BCUT2D eigenvalue weighted by Gasteiger charge is -2.29.